The van der Waals surface area contributed by atoms with E-state index in [1.54, 1.807) is 25.3 Å². The van der Waals surface area contributed by atoms with Gasteiger partial charge in [-0.05, 0) is 48.9 Å². The van der Waals surface area contributed by atoms with E-state index in [0.717, 1.165) is 24.8 Å². The molecule has 0 aromatic heterocycles. The quantitative estimate of drug-likeness (QED) is 0.576. The van der Waals surface area contributed by atoms with Gasteiger partial charge in [0.15, 0.2) is 11.5 Å². The fourth-order valence-electron chi connectivity index (χ4n) is 3.16. The first-order valence-electron chi connectivity index (χ1n) is 10.9. The van der Waals surface area contributed by atoms with Crippen LogP contribution in [0.15, 0.2) is 48.5 Å². The van der Waals surface area contributed by atoms with Crippen LogP contribution < -0.4 is 20.1 Å². The summed E-state index contributed by atoms with van der Waals surface area (Å²) in [6.45, 7) is 4.86. The summed E-state index contributed by atoms with van der Waals surface area (Å²) in [6.07, 6.45) is 3.35. The second-order valence-electron chi connectivity index (χ2n) is 8.40. The van der Waals surface area contributed by atoms with Gasteiger partial charge in [0.05, 0.1) is 13.7 Å². The molecule has 1 saturated carbocycles. The monoisotopic (exact) mass is 424 g/mol. The van der Waals surface area contributed by atoms with E-state index < -0.39 is 6.04 Å². The van der Waals surface area contributed by atoms with E-state index >= 15 is 0 Å². The van der Waals surface area contributed by atoms with Crippen molar-refractivity contribution in [1.29, 1.82) is 0 Å². The SMILES string of the molecule is COc1cc(C(=O)NC(Cc2ccccc2)C(=O)NC2CC2)ccc1OCCC(C)C. The standard InChI is InChI=1S/C25H32N2O4/c1-17(2)13-14-31-22-12-9-19(16-23(22)30-3)24(28)27-21(25(29)26-20-10-11-20)15-18-7-5-4-6-8-18/h4-9,12,16-17,20-21H,10-11,13-15H2,1-3H3,(H,26,29)(H,27,28). The minimum atomic E-state index is -0.650. The number of methoxy groups -OCH3 is 1. The molecule has 166 valence electrons. The van der Waals surface area contributed by atoms with Gasteiger partial charge in [0, 0.05) is 18.0 Å². The average molecular weight is 425 g/mol. The Morgan fingerprint density at radius 3 is 2.45 bits per heavy atom. The largest absolute Gasteiger partial charge is 0.493 e. The zero-order valence-corrected chi connectivity index (χ0v) is 18.5. The van der Waals surface area contributed by atoms with Gasteiger partial charge in [0.2, 0.25) is 5.91 Å². The van der Waals surface area contributed by atoms with E-state index in [0.29, 0.717) is 36.0 Å². The molecule has 6 heteroatoms. The summed E-state index contributed by atoms with van der Waals surface area (Å²) < 4.78 is 11.2. The average Bonchev–Trinajstić information content (AvgIpc) is 3.57. The third-order valence-electron chi connectivity index (χ3n) is 5.21. The fourth-order valence-corrected chi connectivity index (χ4v) is 3.16. The summed E-state index contributed by atoms with van der Waals surface area (Å²) in [5.74, 6) is 1.17. The molecule has 0 aliphatic heterocycles. The summed E-state index contributed by atoms with van der Waals surface area (Å²) >= 11 is 0. The summed E-state index contributed by atoms with van der Waals surface area (Å²) in [5, 5.41) is 5.89. The van der Waals surface area contributed by atoms with Crippen molar-refractivity contribution in [3.63, 3.8) is 0 Å². The van der Waals surface area contributed by atoms with Gasteiger partial charge in [-0.15, -0.1) is 0 Å². The van der Waals surface area contributed by atoms with Crippen LogP contribution in [-0.4, -0.2) is 37.6 Å². The van der Waals surface area contributed by atoms with E-state index in [9.17, 15) is 9.59 Å². The lowest BCUT2D eigenvalue weighted by Crippen LogP contribution is -2.48. The number of benzene rings is 2. The van der Waals surface area contributed by atoms with E-state index in [1.807, 2.05) is 30.3 Å². The predicted molar refractivity (Wildman–Crippen MR) is 121 cm³/mol. The predicted octanol–water partition coefficient (Wildman–Crippen LogP) is 3.74. The van der Waals surface area contributed by atoms with Gasteiger partial charge < -0.3 is 20.1 Å². The van der Waals surface area contributed by atoms with E-state index in [1.165, 1.54) is 0 Å². The maximum atomic E-state index is 12.9. The maximum absolute atomic E-state index is 12.9. The zero-order valence-electron chi connectivity index (χ0n) is 18.5. The van der Waals surface area contributed by atoms with Gasteiger partial charge >= 0.3 is 0 Å². The van der Waals surface area contributed by atoms with Gasteiger partial charge in [-0.25, -0.2) is 0 Å². The number of amides is 2. The van der Waals surface area contributed by atoms with Crippen LogP contribution in [0.5, 0.6) is 11.5 Å². The highest BCUT2D eigenvalue weighted by atomic mass is 16.5. The highest BCUT2D eigenvalue weighted by Crippen LogP contribution is 2.28. The van der Waals surface area contributed by atoms with Gasteiger partial charge in [-0.1, -0.05) is 44.2 Å². The molecular weight excluding hydrogens is 392 g/mol. The molecule has 1 atom stereocenters. The Bertz CT molecular complexity index is 878. The van der Waals surface area contributed by atoms with Crippen molar-refractivity contribution in [2.45, 2.75) is 51.6 Å². The topological polar surface area (TPSA) is 76.7 Å². The van der Waals surface area contributed by atoms with Crippen molar-refractivity contribution in [3.05, 3.63) is 59.7 Å². The normalized spacial score (nSPS) is 14.1. The smallest absolute Gasteiger partial charge is 0.252 e. The molecule has 0 radical (unpaired) electrons. The zero-order chi connectivity index (χ0) is 22.2. The molecule has 0 bridgehead atoms. The van der Waals surface area contributed by atoms with Crippen molar-refractivity contribution in [3.8, 4) is 11.5 Å². The lowest BCUT2D eigenvalue weighted by atomic mass is 10.0. The minimum Gasteiger partial charge on any atom is -0.493 e. The van der Waals surface area contributed by atoms with Gasteiger partial charge in [-0.2, -0.15) is 0 Å². The van der Waals surface area contributed by atoms with Gasteiger partial charge in [-0.3, -0.25) is 9.59 Å². The fraction of sp³-hybridized carbons (Fsp3) is 0.440. The Labute approximate surface area is 184 Å². The van der Waals surface area contributed by atoms with Crippen molar-refractivity contribution >= 4 is 11.8 Å². The van der Waals surface area contributed by atoms with Crippen LogP contribution in [-0.2, 0) is 11.2 Å². The number of hydrogen-bond acceptors (Lipinski definition) is 4. The Kier molecular flexibility index (Phi) is 7.93. The van der Waals surface area contributed by atoms with Gasteiger partial charge in [0.25, 0.3) is 5.91 Å². The number of rotatable bonds is 11. The third-order valence-corrected chi connectivity index (χ3v) is 5.21. The molecule has 2 aromatic carbocycles. The highest BCUT2D eigenvalue weighted by Gasteiger charge is 2.29. The first-order valence-corrected chi connectivity index (χ1v) is 10.9. The molecule has 0 saturated heterocycles. The molecule has 6 nitrogen and oxygen atoms in total. The second kappa shape index (κ2) is 10.8. The Morgan fingerprint density at radius 2 is 1.81 bits per heavy atom. The molecule has 2 aromatic rings. The molecule has 1 unspecified atom stereocenters. The molecule has 2 amide bonds. The molecule has 0 spiro atoms. The van der Waals surface area contributed by atoms with Crippen molar-refractivity contribution in [2.75, 3.05) is 13.7 Å². The first kappa shape index (κ1) is 22.7. The van der Waals surface area contributed by atoms with Gasteiger partial charge in [0.1, 0.15) is 6.04 Å². The van der Waals surface area contributed by atoms with Crippen LogP contribution in [0.1, 0.15) is 49.0 Å². The van der Waals surface area contributed by atoms with E-state index in [4.69, 9.17) is 9.47 Å². The summed E-state index contributed by atoms with van der Waals surface area (Å²) in [4.78, 5) is 25.7. The summed E-state index contributed by atoms with van der Waals surface area (Å²) in [7, 11) is 1.55. The minimum absolute atomic E-state index is 0.152. The van der Waals surface area contributed by atoms with Crippen LogP contribution in [0.3, 0.4) is 0 Å². The highest BCUT2D eigenvalue weighted by molar-refractivity contribution is 5.98. The molecule has 0 heterocycles. The summed E-state index contributed by atoms with van der Waals surface area (Å²) in [6, 6.07) is 14.4. The Morgan fingerprint density at radius 1 is 1.06 bits per heavy atom. The third kappa shape index (κ3) is 7.02. The number of carbonyl (C=O) groups is 2. The summed E-state index contributed by atoms with van der Waals surface area (Å²) in [5.41, 5.74) is 1.41. The molecular formula is C25H32N2O4. The van der Waals surface area contributed by atoms with Crippen LogP contribution in [0, 0.1) is 5.92 Å². The lowest BCUT2D eigenvalue weighted by Gasteiger charge is -2.19. The van der Waals surface area contributed by atoms with Crippen LogP contribution >= 0.6 is 0 Å². The number of ether oxygens (including phenoxy) is 2. The van der Waals surface area contributed by atoms with Crippen molar-refractivity contribution < 1.29 is 19.1 Å². The van der Waals surface area contributed by atoms with Crippen LogP contribution in [0.2, 0.25) is 0 Å². The van der Waals surface area contributed by atoms with Crippen LogP contribution in [0.25, 0.3) is 0 Å². The molecule has 2 N–H and O–H groups in total. The van der Waals surface area contributed by atoms with E-state index in [2.05, 4.69) is 24.5 Å². The Balaban J connectivity index is 1.70. The molecule has 1 aliphatic carbocycles. The van der Waals surface area contributed by atoms with Crippen molar-refractivity contribution in [1.82, 2.24) is 10.6 Å². The molecule has 1 fully saturated rings. The number of carbonyl (C=O) groups excluding carboxylic acids is 2. The van der Waals surface area contributed by atoms with Crippen molar-refractivity contribution in [2.24, 2.45) is 5.92 Å². The van der Waals surface area contributed by atoms with E-state index in [-0.39, 0.29) is 17.9 Å². The lowest BCUT2D eigenvalue weighted by molar-refractivity contribution is -0.123. The maximum Gasteiger partial charge on any atom is 0.252 e. The molecule has 31 heavy (non-hydrogen) atoms. The second-order valence-corrected chi connectivity index (χ2v) is 8.40. The molecule has 1 aliphatic rings. The first-order chi connectivity index (χ1) is 15.0. The Hall–Kier alpha value is -3.02. The van der Waals surface area contributed by atoms with Crippen LogP contribution in [0.4, 0.5) is 0 Å². The number of nitrogens with one attached hydrogen (secondary N) is 2. The molecule has 3 rings (SSSR count). The number of hydrogen-bond donors (Lipinski definition) is 2.